The number of rotatable bonds is 5. The minimum absolute atomic E-state index is 0.0615. The third-order valence-electron chi connectivity index (χ3n) is 4.56. The molecule has 1 amide bonds. The molecule has 0 spiro atoms. The van der Waals surface area contributed by atoms with Gasteiger partial charge in [0.15, 0.2) is 5.78 Å². The Morgan fingerprint density at radius 1 is 1.18 bits per heavy atom. The number of ketones is 1. The maximum atomic E-state index is 12.3. The van der Waals surface area contributed by atoms with Crippen molar-refractivity contribution in [3.8, 4) is 0 Å². The largest absolute Gasteiger partial charge is 0.343 e. The maximum absolute atomic E-state index is 12.3. The molecule has 1 heterocycles. The molecule has 1 saturated heterocycles. The van der Waals surface area contributed by atoms with Crippen molar-refractivity contribution in [1.82, 2.24) is 4.90 Å². The number of Topliss-reactive ketones (excluding diaryl/α,β-unsaturated/α-hetero) is 1. The van der Waals surface area contributed by atoms with E-state index in [9.17, 15) is 9.59 Å². The second-order valence-electron chi connectivity index (χ2n) is 6.30. The summed E-state index contributed by atoms with van der Waals surface area (Å²) in [5.41, 5.74) is 8.46. The summed E-state index contributed by atoms with van der Waals surface area (Å²) in [6.45, 7) is 6.17. The van der Waals surface area contributed by atoms with Crippen LogP contribution in [0.5, 0.6) is 0 Å². The fourth-order valence-corrected chi connectivity index (χ4v) is 2.97. The van der Waals surface area contributed by atoms with Gasteiger partial charge in [0.1, 0.15) is 0 Å². The van der Waals surface area contributed by atoms with Crippen LogP contribution in [0.15, 0.2) is 18.2 Å². The zero-order chi connectivity index (χ0) is 16.1. The van der Waals surface area contributed by atoms with Crippen LogP contribution in [0.4, 0.5) is 0 Å². The summed E-state index contributed by atoms with van der Waals surface area (Å²) in [4.78, 5) is 26.4. The Kier molecular flexibility index (Phi) is 5.72. The van der Waals surface area contributed by atoms with Crippen LogP contribution in [0.25, 0.3) is 0 Å². The Labute approximate surface area is 132 Å². The fourth-order valence-electron chi connectivity index (χ4n) is 2.97. The maximum Gasteiger partial charge on any atom is 0.223 e. The molecule has 0 radical (unpaired) electrons. The van der Waals surface area contributed by atoms with Crippen LogP contribution in [-0.2, 0) is 4.79 Å². The Balaban J connectivity index is 1.86. The first kappa shape index (κ1) is 16.7. The number of benzene rings is 1. The average molecular weight is 302 g/mol. The highest BCUT2D eigenvalue weighted by Crippen LogP contribution is 2.18. The molecular weight excluding hydrogens is 276 g/mol. The molecule has 0 bridgehead atoms. The van der Waals surface area contributed by atoms with Gasteiger partial charge in [-0.2, -0.15) is 0 Å². The lowest BCUT2D eigenvalue weighted by atomic mass is 9.96. The summed E-state index contributed by atoms with van der Waals surface area (Å²) in [5, 5.41) is 0. The number of hydrogen-bond acceptors (Lipinski definition) is 3. The van der Waals surface area contributed by atoms with Crippen LogP contribution in [0.2, 0.25) is 0 Å². The summed E-state index contributed by atoms with van der Waals surface area (Å²) < 4.78 is 0. The van der Waals surface area contributed by atoms with Crippen molar-refractivity contribution in [3.05, 3.63) is 34.9 Å². The van der Waals surface area contributed by atoms with Gasteiger partial charge in [0.2, 0.25) is 5.91 Å². The SMILES string of the molecule is Cc1ccc(C)c(C(=O)CCC(=O)N2CCC(CN)CC2)c1. The van der Waals surface area contributed by atoms with Gasteiger partial charge in [-0.15, -0.1) is 0 Å². The quantitative estimate of drug-likeness (QED) is 0.850. The number of aryl methyl sites for hydroxylation is 2. The van der Waals surface area contributed by atoms with Gasteiger partial charge in [0, 0.05) is 31.5 Å². The standard InChI is InChI=1S/C18H26N2O2/c1-13-3-4-14(2)16(11-13)17(21)5-6-18(22)20-9-7-15(12-19)8-10-20/h3-4,11,15H,5-10,12,19H2,1-2H3. The summed E-state index contributed by atoms with van der Waals surface area (Å²) in [6.07, 6.45) is 2.56. The van der Waals surface area contributed by atoms with Gasteiger partial charge in [0.05, 0.1) is 0 Å². The number of piperidine rings is 1. The molecule has 1 aliphatic heterocycles. The molecule has 0 aliphatic carbocycles. The summed E-state index contributed by atoms with van der Waals surface area (Å²) in [7, 11) is 0. The van der Waals surface area contributed by atoms with Gasteiger partial charge in [-0.05, 0) is 50.8 Å². The van der Waals surface area contributed by atoms with Gasteiger partial charge in [-0.3, -0.25) is 9.59 Å². The molecule has 0 atom stereocenters. The van der Waals surface area contributed by atoms with E-state index < -0.39 is 0 Å². The minimum atomic E-state index is 0.0615. The second kappa shape index (κ2) is 7.54. The molecule has 1 aliphatic rings. The van der Waals surface area contributed by atoms with Gasteiger partial charge in [-0.1, -0.05) is 17.7 Å². The van der Waals surface area contributed by atoms with E-state index >= 15 is 0 Å². The van der Waals surface area contributed by atoms with E-state index in [4.69, 9.17) is 5.73 Å². The van der Waals surface area contributed by atoms with Crippen molar-refractivity contribution >= 4 is 11.7 Å². The van der Waals surface area contributed by atoms with Crippen LogP contribution in [-0.4, -0.2) is 36.2 Å². The average Bonchev–Trinajstić information content (AvgIpc) is 2.54. The van der Waals surface area contributed by atoms with Crippen molar-refractivity contribution in [3.63, 3.8) is 0 Å². The molecule has 1 aromatic rings. The lowest BCUT2D eigenvalue weighted by Crippen LogP contribution is -2.40. The third-order valence-corrected chi connectivity index (χ3v) is 4.56. The Hall–Kier alpha value is -1.68. The van der Waals surface area contributed by atoms with E-state index in [1.54, 1.807) is 0 Å². The minimum Gasteiger partial charge on any atom is -0.343 e. The number of hydrogen-bond donors (Lipinski definition) is 1. The number of amides is 1. The molecule has 4 heteroatoms. The molecule has 2 rings (SSSR count). The zero-order valence-corrected chi connectivity index (χ0v) is 13.6. The Morgan fingerprint density at radius 3 is 2.50 bits per heavy atom. The molecule has 120 valence electrons. The zero-order valence-electron chi connectivity index (χ0n) is 13.6. The topological polar surface area (TPSA) is 63.4 Å². The van der Waals surface area contributed by atoms with Crippen LogP contribution in [0, 0.1) is 19.8 Å². The van der Waals surface area contributed by atoms with Crippen molar-refractivity contribution in [2.24, 2.45) is 11.7 Å². The highest BCUT2D eigenvalue weighted by atomic mass is 16.2. The third kappa shape index (κ3) is 4.17. The van der Waals surface area contributed by atoms with Crippen LogP contribution >= 0.6 is 0 Å². The molecule has 0 aromatic heterocycles. The molecular formula is C18H26N2O2. The predicted octanol–water partition coefficient (Wildman–Crippen LogP) is 2.46. The van der Waals surface area contributed by atoms with E-state index in [-0.39, 0.29) is 11.7 Å². The van der Waals surface area contributed by atoms with Crippen molar-refractivity contribution in [1.29, 1.82) is 0 Å². The molecule has 4 nitrogen and oxygen atoms in total. The number of nitrogens with zero attached hydrogens (tertiary/aromatic N) is 1. The normalized spacial score (nSPS) is 15.9. The number of nitrogens with two attached hydrogens (primary N) is 1. The molecule has 0 saturated carbocycles. The van der Waals surface area contributed by atoms with E-state index in [1.807, 2.05) is 36.9 Å². The van der Waals surface area contributed by atoms with E-state index in [0.717, 1.165) is 42.6 Å². The number of carbonyl (C=O) groups excluding carboxylic acids is 2. The number of likely N-dealkylation sites (tertiary alicyclic amines) is 1. The van der Waals surface area contributed by atoms with Gasteiger partial charge in [0.25, 0.3) is 0 Å². The van der Waals surface area contributed by atoms with E-state index in [0.29, 0.717) is 25.3 Å². The van der Waals surface area contributed by atoms with Gasteiger partial charge in [-0.25, -0.2) is 0 Å². The Morgan fingerprint density at radius 2 is 1.86 bits per heavy atom. The van der Waals surface area contributed by atoms with Crippen LogP contribution in [0.1, 0.15) is 47.2 Å². The molecule has 0 unspecified atom stereocenters. The summed E-state index contributed by atoms with van der Waals surface area (Å²) in [5.74, 6) is 0.696. The molecule has 1 aromatic carbocycles. The first-order chi connectivity index (χ1) is 10.5. The first-order valence-corrected chi connectivity index (χ1v) is 8.09. The summed E-state index contributed by atoms with van der Waals surface area (Å²) >= 11 is 0. The van der Waals surface area contributed by atoms with Crippen molar-refractivity contribution in [2.45, 2.75) is 39.5 Å². The van der Waals surface area contributed by atoms with Crippen molar-refractivity contribution < 1.29 is 9.59 Å². The van der Waals surface area contributed by atoms with Crippen molar-refractivity contribution in [2.75, 3.05) is 19.6 Å². The smallest absolute Gasteiger partial charge is 0.223 e. The predicted molar refractivity (Wildman–Crippen MR) is 87.8 cm³/mol. The lowest BCUT2D eigenvalue weighted by Gasteiger charge is -2.31. The van der Waals surface area contributed by atoms with Gasteiger partial charge >= 0.3 is 0 Å². The highest BCUT2D eigenvalue weighted by Gasteiger charge is 2.22. The first-order valence-electron chi connectivity index (χ1n) is 8.09. The van der Waals surface area contributed by atoms with E-state index in [2.05, 4.69) is 0 Å². The van der Waals surface area contributed by atoms with E-state index in [1.165, 1.54) is 0 Å². The van der Waals surface area contributed by atoms with Crippen LogP contribution in [0.3, 0.4) is 0 Å². The Bertz CT molecular complexity index is 546. The highest BCUT2D eigenvalue weighted by molar-refractivity contribution is 5.99. The van der Waals surface area contributed by atoms with Gasteiger partial charge < -0.3 is 10.6 Å². The second-order valence-corrected chi connectivity index (χ2v) is 6.30. The number of carbonyl (C=O) groups is 2. The summed E-state index contributed by atoms with van der Waals surface area (Å²) in [6, 6.07) is 5.87. The molecule has 1 fully saturated rings. The lowest BCUT2D eigenvalue weighted by molar-refractivity contribution is -0.132. The molecule has 22 heavy (non-hydrogen) atoms. The fraction of sp³-hybridized carbons (Fsp3) is 0.556. The monoisotopic (exact) mass is 302 g/mol. The molecule has 2 N–H and O–H groups in total. The van der Waals surface area contributed by atoms with Crippen LogP contribution < -0.4 is 5.73 Å².